The van der Waals surface area contributed by atoms with Crippen LogP contribution in [0.2, 0.25) is 0 Å². The number of nitrogens with one attached hydrogen (secondary N) is 1. The fraction of sp³-hybridized carbons (Fsp3) is 0.545. The highest BCUT2D eigenvalue weighted by Crippen LogP contribution is 2.34. The zero-order valence-electron chi connectivity index (χ0n) is 10.2. The summed E-state index contributed by atoms with van der Waals surface area (Å²) in [6.07, 6.45) is 1.99. The molecular weight excluding hydrogens is 268 g/mol. The molecule has 1 fully saturated rings. The molecule has 0 amide bonds. The molecule has 0 bridgehead atoms. The highest BCUT2D eigenvalue weighted by atomic mass is 32.1. The smallest absolute Gasteiger partial charge is 0.278 e. The Balaban J connectivity index is 2.06. The first-order valence-electron chi connectivity index (χ1n) is 6.05. The molecule has 2 aromatic rings. The number of aromatic amines is 1. The van der Waals surface area contributed by atoms with Crippen LogP contribution in [0.1, 0.15) is 19.6 Å². The lowest BCUT2D eigenvalue weighted by molar-refractivity contribution is -0.0355. The number of aromatic nitrogens is 4. The summed E-state index contributed by atoms with van der Waals surface area (Å²) in [5.74, 6) is 0. The number of aliphatic hydroxyl groups excluding tert-OH is 1. The van der Waals surface area contributed by atoms with E-state index in [9.17, 15) is 9.90 Å². The number of nitrogens with zero attached hydrogens (tertiary/aromatic N) is 3. The van der Waals surface area contributed by atoms with Crippen LogP contribution >= 0.6 is 12.6 Å². The maximum absolute atomic E-state index is 11.6. The van der Waals surface area contributed by atoms with Crippen LogP contribution in [0.3, 0.4) is 0 Å². The summed E-state index contributed by atoms with van der Waals surface area (Å²) in [7, 11) is 0. The molecule has 0 aliphatic carbocycles. The first-order chi connectivity index (χ1) is 9.13. The molecule has 7 nitrogen and oxygen atoms in total. The lowest BCUT2D eigenvalue weighted by Crippen LogP contribution is -2.27. The number of H-pyrrole nitrogens is 1. The van der Waals surface area contributed by atoms with Crippen LogP contribution in [0.25, 0.3) is 11.2 Å². The van der Waals surface area contributed by atoms with Crippen molar-refractivity contribution in [3.05, 3.63) is 23.0 Å². The molecule has 19 heavy (non-hydrogen) atoms. The summed E-state index contributed by atoms with van der Waals surface area (Å²) >= 11 is 4.37. The number of ether oxygens (including phenoxy) is 1. The van der Waals surface area contributed by atoms with Crippen molar-refractivity contribution in [3.8, 4) is 0 Å². The van der Waals surface area contributed by atoms with Crippen molar-refractivity contribution in [3.63, 3.8) is 0 Å². The molecule has 0 saturated carbocycles. The van der Waals surface area contributed by atoms with E-state index in [4.69, 9.17) is 4.74 Å². The minimum Gasteiger partial charge on any atom is -0.387 e. The SMILES string of the molecule is CC[C@H]1O[C@@H](n2cnc3c(=O)[nH]cnc32)[C@H](O)[C@@H]1S. The van der Waals surface area contributed by atoms with Crippen molar-refractivity contribution in [1.82, 2.24) is 19.5 Å². The first kappa shape index (κ1) is 12.6. The monoisotopic (exact) mass is 282 g/mol. The number of thiol groups is 1. The van der Waals surface area contributed by atoms with Crippen LogP contribution in [0.4, 0.5) is 0 Å². The molecule has 3 rings (SSSR count). The van der Waals surface area contributed by atoms with Crippen molar-refractivity contribution in [2.24, 2.45) is 0 Å². The second-order valence-electron chi connectivity index (χ2n) is 4.51. The third-order valence-electron chi connectivity index (χ3n) is 3.38. The number of hydrogen-bond donors (Lipinski definition) is 3. The van der Waals surface area contributed by atoms with Gasteiger partial charge >= 0.3 is 0 Å². The van der Waals surface area contributed by atoms with E-state index in [2.05, 4.69) is 27.6 Å². The van der Waals surface area contributed by atoms with Gasteiger partial charge in [-0.3, -0.25) is 9.36 Å². The molecule has 2 aromatic heterocycles. The molecule has 102 valence electrons. The highest BCUT2D eigenvalue weighted by molar-refractivity contribution is 7.81. The molecule has 8 heteroatoms. The van der Waals surface area contributed by atoms with Crippen LogP contribution in [0, 0.1) is 0 Å². The van der Waals surface area contributed by atoms with Gasteiger partial charge in [0.2, 0.25) is 0 Å². The van der Waals surface area contributed by atoms with E-state index in [1.54, 1.807) is 4.57 Å². The van der Waals surface area contributed by atoms with Gasteiger partial charge in [0.15, 0.2) is 17.4 Å². The molecule has 0 unspecified atom stereocenters. The Morgan fingerprint density at radius 2 is 2.37 bits per heavy atom. The van der Waals surface area contributed by atoms with Crippen molar-refractivity contribution in [2.75, 3.05) is 0 Å². The van der Waals surface area contributed by atoms with E-state index in [0.717, 1.165) is 6.42 Å². The molecule has 2 N–H and O–H groups in total. The fourth-order valence-electron chi connectivity index (χ4n) is 2.35. The van der Waals surface area contributed by atoms with Crippen LogP contribution in [-0.2, 0) is 4.74 Å². The average molecular weight is 282 g/mol. The van der Waals surface area contributed by atoms with E-state index in [-0.39, 0.29) is 22.4 Å². The standard InChI is InChI=1S/C11H14N4O3S/c1-2-5-8(19)7(16)11(18-5)15-4-14-6-9(15)12-3-13-10(6)17/h3-5,7-8,11,16,19H,2H2,1H3,(H,12,13,17)/t5-,7-,8-,11-/m1/s1. The maximum atomic E-state index is 11.6. The number of aliphatic hydroxyl groups is 1. The van der Waals surface area contributed by atoms with Gasteiger partial charge in [-0.05, 0) is 6.42 Å². The molecule has 1 aliphatic heterocycles. The van der Waals surface area contributed by atoms with Crippen molar-refractivity contribution >= 4 is 23.8 Å². The summed E-state index contributed by atoms with van der Waals surface area (Å²) in [5, 5.41) is 9.93. The molecule has 0 radical (unpaired) electrons. The summed E-state index contributed by atoms with van der Waals surface area (Å²) in [6.45, 7) is 1.97. The highest BCUT2D eigenvalue weighted by Gasteiger charge is 2.42. The zero-order chi connectivity index (χ0) is 13.6. The average Bonchev–Trinajstić information content (AvgIpc) is 2.94. The largest absolute Gasteiger partial charge is 0.387 e. The van der Waals surface area contributed by atoms with E-state index in [1.165, 1.54) is 12.7 Å². The Hall–Kier alpha value is -1.38. The van der Waals surface area contributed by atoms with Crippen molar-refractivity contribution in [1.29, 1.82) is 0 Å². The van der Waals surface area contributed by atoms with E-state index >= 15 is 0 Å². The van der Waals surface area contributed by atoms with Crippen LogP contribution in [0.5, 0.6) is 0 Å². The fourth-order valence-corrected chi connectivity index (χ4v) is 2.77. The second kappa shape index (κ2) is 4.62. The maximum Gasteiger partial charge on any atom is 0.278 e. The van der Waals surface area contributed by atoms with Crippen LogP contribution in [-0.4, -0.2) is 42.1 Å². The summed E-state index contributed by atoms with van der Waals surface area (Å²) in [5.41, 5.74) is 0.310. The Morgan fingerprint density at radius 3 is 3.05 bits per heavy atom. The minimum atomic E-state index is -0.772. The van der Waals surface area contributed by atoms with E-state index in [1.807, 2.05) is 6.92 Å². The lowest BCUT2D eigenvalue weighted by Gasteiger charge is -2.16. The van der Waals surface area contributed by atoms with Gasteiger partial charge in [0.25, 0.3) is 5.56 Å². The molecule has 1 saturated heterocycles. The Labute approximate surface area is 114 Å². The third kappa shape index (κ3) is 1.87. The number of rotatable bonds is 2. The lowest BCUT2D eigenvalue weighted by atomic mass is 10.1. The van der Waals surface area contributed by atoms with E-state index in [0.29, 0.717) is 5.65 Å². The predicted octanol–water partition coefficient (Wildman–Crippen LogP) is 0.0863. The molecule has 0 spiro atoms. The molecule has 4 atom stereocenters. The molecular formula is C11H14N4O3S. The molecule has 0 aromatic carbocycles. The Bertz CT molecular complexity index is 655. The van der Waals surface area contributed by atoms with E-state index < -0.39 is 12.3 Å². The summed E-state index contributed by atoms with van der Waals surface area (Å²) in [4.78, 5) is 22.1. The molecule has 3 heterocycles. The van der Waals surface area contributed by atoms with Gasteiger partial charge in [-0.2, -0.15) is 12.6 Å². The first-order valence-corrected chi connectivity index (χ1v) is 6.57. The Kier molecular flexibility index (Phi) is 3.08. The number of imidazole rings is 1. The van der Waals surface area contributed by atoms with Gasteiger partial charge in [0.05, 0.1) is 24.0 Å². The molecule has 1 aliphatic rings. The van der Waals surface area contributed by atoms with Crippen LogP contribution < -0.4 is 5.56 Å². The third-order valence-corrected chi connectivity index (χ3v) is 4.02. The topological polar surface area (TPSA) is 93.0 Å². The summed E-state index contributed by atoms with van der Waals surface area (Å²) < 4.78 is 7.35. The number of hydrogen-bond acceptors (Lipinski definition) is 6. The van der Waals surface area contributed by atoms with Crippen LogP contribution in [0.15, 0.2) is 17.4 Å². The zero-order valence-corrected chi connectivity index (χ0v) is 11.1. The predicted molar refractivity (Wildman–Crippen MR) is 71.1 cm³/mol. The quantitative estimate of drug-likeness (QED) is 0.679. The van der Waals surface area contributed by atoms with Gasteiger partial charge in [-0.25, -0.2) is 9.97 Å². The normalized spacial score (nSPS) is 31.1. The van der Waals surface area contributed by atoms with Gasteiger partial charge < -0.3 is 14.8 Å². The van der Waals surface area contributed by atoms with Crippen molar-refractivity contribution in [2.45, 2.75) is 37.0 Å². The van der Waals surface area contributed by atoms with Gasteiger partial charge in [0.1, 0.15) is 6.10 Å². The van der Waals surface area contributed by atoms with Gasteiger partial charge in [0, 0.05) is 0 Å². The summed E-state index contributed by atoms with van der Waals surface area (Å²) in [6, 6.07) is 0. The second-order valence-corrected chi connectivity index (χ2v) is 5.11. The van der Waals surface area contributed by atoms with Gasteiger partial charge in [-0.1, -0.05) is 6.92 Å². The Morgan fingerprint density at radius 1 is 1.58 bits per heavy atom. The number of fused-ring (bicyclic) bond motifs is 1. The van der Waals surface area contributed by atoms with Gasteiger partial charge in [-0.15, -0.1) is 0 Å². The minimum absolute atomic E-state index is 0.136. The van der Waals surface area contributed by atoms with Crippen molar-refractivity contribution < 1.29 is 9.84 Å².